The number of hydrogen-bond acceptors (Lipinski definition) is 4. The number of nitrogens with zero attached hydrogens (tertiary/aromatic N) is 2. The summed E-state index contributed by atoms with van der Waals surface area (Å²) < 4.78 is 0. The van der Waals surface area contributed by atoms with Crippen LogP contribution in [0.15, 0.2) is 48.5 Å². The van der Waals surface area contributed by atoms with Crippen LogP contribution in [-0.4, -0.2) is 15.3 Å². The van der Waals surface area contributed by atoms with E-state index in [2.05, 4.69) is 41.4 Å². The monoisotopic (exact) mass is 268 g/mol. The highest BCUT2D eigenvalue weighted by Crippen LogP contribution is 2.30. The zero-order valence-corrected chi connectivity index (χ0v) is 11.2. The Bertz CT molecular complexity index is 627. The molecule has 0 aliphatic carbocycles. The van der Waals surface area contributed by atoms with Crippen LogP contribution in [0, 0.1) is 6.92 Å². The molecule has 3 nitrogen and oxygen atoms in total. The fourth-order valence-electron chi connectivity index (χ4n) is 1.76. The molecule has 0 spiro atoms. The summed E-state index contributed by atoms with van der Waals surface area (Å²) in [7, 11) is 0. The van der Waals surface area contributed by atoms with Crippen molar-refractivity contribution < 1.29 is 5.11 Å². The van der Waals surface area contributed by atoms with Gasteiger partial charge in [0.05, 0.1) is 0 Å². The van der Waals surface area contributed by atoms with E-state index in [0.29, 0.717) is 0 Å². The first-order valence-corrected chi connectivity index (χ1v) is 6.74. The smallest absolute Gasteiger partial charge is 0.148 e. The molecule has 0 fully saturated rings. The van der Waals surface area contributed by atoms with Crippen molar-refractivity contribution in [2.75, 3.05) is 0 Å². The van der Waals surface area contributed by atoms with Crippen molar-refractivity contribution in [1.29, 1.82) is 0 Å². The van der Waals surface area contributed by atoms with Crippen LogP contribution in [0.5, 0.6) is 5.75 Å². The molecule has 0 atom stereocenters. The normalized spacial score (nSPS) is 10.6. The molecule has 3 rings (SSSR count). The van der Waals surface area contributed by atoms with Crippen molar-refractivity contribution >= 4 is 11.3 Å². The summed E-state index contributed by atoms with van der Waals surface area (Å²) in [6.07, 6.45) is 0. The van der Waals surface area contributed by atoms with Gasteiger partial charge in [0.2, 0.25) is 0 Å². The van der Waals surface area contributed by atoms with Crippen LogP contribution in [0.2, 0.25) is 0 Å². The highest BCUT2D eigenvalue weighted by atomic mass is 32.1. The average Bonchev–Trinajstić information content (AvgIpc) is 2.90. The maximum atomic E-state index is 9.28. The van der Waals surface area contributed by atoms with Gasteiger partial charge < -0.3 is 5.11 Å². The topological polar surface area (TPSA) is 46.0 Å². The number of aromatic hydroxyl groups is 1. The molecule has 0 saturated heterocycles. The zero-order chi connectivity index (χ0) is 13.2. The van der Waals surface area contributed by atoms with E-state index in [9.17, 15) is 5.11 Å². The Morgan fingerprint density at radius 3 is 1.79 bits per heavy atom. The molecule has 1 aromatic heterocycles. The predicted molar refractivity (Wildman–Crippen MR) is 77.2 cm³/mol. The molecule has 1 heterocycles. The number of phenolic OH excluding ortho intramolecular Hbond substituents is 1. The lowest BCUT2D eigenvalue weighted by molar-refractivity contribution is 0.475. The number of rotatable bonds is 2. The van der Waals surface area contributed by atoms with Gasteiger partial charge in [0.25, 0.3) is 0 Å². The van der Waals surface area contributed by atoms with E-state index in [4.69, 9.17) is 0 Å². The molecule has 0 radical (unpaired) electrons. The maximum Gasteiger partial charge on any atom is 0.148 e. The Hall–Kier alpha value is -2.20. The number of aromatic nitrogens is 2. The number of aryl methyl sites for hydroxylation is 1. The minimum Gasteiger partial charge on any atom is -0.508 e. The van der Waals surface area contributed by atoms with E-state index in [1.165, 1.54) is 5.56 Å². The van der Waals surface area contributed by atoms with Gasteiger partial charge >= 0.3 is 0 Å². The predicted octanol–water partition coefficient (Wildman–Crippen LogP) is 3.89. The van der Waals surface area contributed by atoms with Crippen molar-refractivity contribution in [3.05, 3.63) is 54.1 Å². The van der Waals surface area contributed by atoms with Crippen molar-refractivity contribution in [3.8, 4) is 26.9 Å². The molecule has 94 valence electrons. The first kappa shape index (κ1) is 11.9. The molecule has 0 aliphatic rings. The molecule has 4 heteroatoms. The lowest BCUT2D eigenvalue weighted by Crippen LogP contribution is -1.77. The van der Waals surface area contributed by atoms with Gasteiger partial charge in [-0.1, -0.05) is 41.2 Å². The Morgan fingerprint density at radius 2 is 1.26 bits per heavy atom. The van der Waals surface area contributed by atoms with Crippen molar-refractivity contribution in [1.82, 2.24) is 10.2 Å². The van der Waals surface area contributed by atoms with E-state index in [1.54, 1.807) is 23.5 Å². The van der Waals surface area contributed by atoms with Crippen LogP contribution >= 0.6 is 11.3 Å². The summed E-state index contributed by atoms with van der Waals surface area (Å²) in [5.41, 5.74) is 3.27. The quantitative estimate of drug-likeness (QED) is 0.767. The Balaban J connectivity index is 1.95. The highest BCUT2D eigenvalue weighted by molar-refractivity contribution is 7.17. The van der Waals surface area contributed by atoms with E-state index in [-0.39, 0.29) is 5.75 Å². The van der Waals surface area contributed by atoms with Crippen LogP contribution in [0.4, 0.5) is 0 Å². The van der Waals surface area contributed by atoms with Gasteiger partial charge in [0, 0.05) is 11.1 Å². The lowest BCUT2D eigenvalue weighted by Gasteiger charge is -1.96. The van der Waals surface area contributed by atoms with Gasteiger partial charge in [-0.3, -0.25) is 0 Å². The Morgan fingerprint density at radius 1 is 0.789 bits per heavy atom. The standard InChI is InChI=1S/C15H12N2OS/c1-10-2-4-11(5-3-10)14-16-17-15(19-14)12-6-8-13(18)9-7-12/h2-9,18H,1H3. The molecule has 0 unspecified atom stereocenters. The highest BCUT2D eigenvalue weighted by Gasteiger charge is 2.08. The third-order valence-electron chi connectivity index (χ3n) is 2.84. The Kier molecular flexibility index (Phi) is 3.01. The SMILES string of the molecule is Cc1ccc(-c2nnc(-c3ccc(O)cc3)s2)cc1. The second-order valence-electron chi connectivity index (χ2n) is 4.33. The van der Waals surface area contributed by atoms with E-state index in [1.807, 2.05) is 12.1 Å². The fraction of sp³-hybridized carbons (Fsp3) is 0.0667. The van der Waals surface area contributed by atoms with Crippen LogP contribution in [-0.2, 0) is 0 Å². The summed E-state index contributed by atoms with van der Waals surface area (Å²) >= 11 is 1.55. The molecule has 1 N–H and O–H groups in total. The fourth-order valence-corrected chi connectivity index (χ4v) is 2.61. The number of benzene rings is 2. The Labute approximate surface area is 115 Å². The summed E-state index contributed by atoms with van der Waals surface area (Å²) in [4.78, 5) is 0. The van der Waals surface area contributed by atoms with Gasteiger partial charge in [-0.15, -0.1) is 10.2 Å². The van der Waals surface area contributed by atoms with Gasteiger partial charge in [-0.25, -0.2) is 0 Å². The minimum absolute atomic E-state index is 0.257. The van der Waals surface area contributed by atoms with Crippen molar-refractivity contribution in [2.45, 2.75) is 6.92 Å². The molecular formula is C15H12N2OS. The molecule has 0 bridgehead atoms. The summed E-state index contributed by atoms with van der Waals surface area (Å²) in [6, 6.07) is 15.2. The summed E-state index contributed by atoms with van der Waals surface area (Å²) in [5.74, 6) is 0.257. The molecule has 3 aromatic rings. The lowest BCUT2D eigenvalue weighted by atomic mass is 10.2. The third kappa shape index (κ3) is 2.48. The van der Waals surface area contributed by atoms with E-state index >= 15 is 0 Å². The summed E-state index contributed by atoms with van der Waals surface area (Å²) in [5, 5.41) is 19.5. The zero-order valence-electron chi connectivity index (χ0n) is 10.4. The van der Waals surface area contributed by atoms with E-state index in [0.717, 1.165) is 21.1 Å². The van der Waals surface area contributed by atoms with Crippen LogP contribution in [0.3, 0.4) is 0 Å². The molecule has 19 heavy (non-hydrogen) atoms. The summed E-state index contributed by atoms with van der Waals surface area (Å²) in [6.45, 7) is 2.06. The molecular weight excluding hydrogens is 256 g/mol. The first-order chi connectivity index (χ1) is 9.22. The van der Waals surface area contributed by atoms with Gasteiger partial charge in [-0.2, -0.15) is 0 Å². The van der Waals surface area contributed by atoms with Gasteiger partial charge in [-0.05, 0) is 31.2 Å². The molecule has 0 aliphatic heterocycles. The van der Waals surface area contributed by atoms with Gasteiger partial charge in [0.15, 0.2) is 0 Å². The minimum atomic E-state index is 0.257. The third-order valence-corrected chi connectivity index (χ3v) is 3.86. The van der Waals surface area contributed by atoms with Crippen LogP contribution in [0.1, 0.15) is 5.56 Å². The number of hydrogen-bond donors (Lipinski definition) is 1. The maximum absolute atomic E-state index is 9.28. The van der Waals surface area contributed by atoms with Crippen molar-refractivity contribution in [2.24, 2.45) is 0 Å². The molecule has 0 saturated carbocycles. The van der Waals surface area contributed by atoms with Crippen LogP contribution < -0.4 is 0 Å². The second kappa shape index (κ2) is 4.82. The average molecular weight is 268 g/mol. The van der Waals surface area contributed by atoms with E-state index < -0.39 is 0 Å². The second-order valence-corrected chi connectivity index (χ2v) is 5.30. The van der Waals surface area contributed by atoms with Gasteiger partial charge in [0.1, 0.15) is 15.8 Å². The van der Waals surface area contributed by atoms with Crippen molar-refractivity contribution in [3.63, 3.8) is 0 Å². The molecule has 0 amide bonds. The number of phenols is 1. The first-order valence-electron chi connectivity index (χ1n) is 5.92. The largest absolute Gasteiger partial charge is 0.508 e. The van der Waals surface area contributed by atoms with Crippen LogP contribution in [0.25, 0.3) is 21.1 Å². The molecule has 2 aromatic carbocycles.